The summed E-state index contributed by atoms with van der Waals surface area (Å²) in [5.41, 5.74) is 2.89. The van der Waals surface area contributed by atoms with Crippen LogP contribution < -0.4 is 20.1 Å². The Morgan fingerprint density at radius 3 is 2.62 bits per heavy atom. The number of hydrogen-bond acceptors (Lipinski definition) is 4. The zero-order chi connectivity index (χ0) is 21.2. The molecule has 0 unspecified atom stereocenters. The number of nitrogens with one attached hydrogen (secondary N) is 2. The largest absolute Gasteiger partial charge is 0.493 e. The zero-order valence-corrected chi connectivity index (χ0v) is 17.3. The lowest BCUT2D eigenvalue weighted by atomic mass is 10.2. The highest BCUT2D eigenvalue weighted by Gasteiger charge is 2.11. The predicted octanol–water partition coefficient (Wildman–Crippen LogP) is 3.26. The maximum absolute atomic E-state index is 12.6. The number of ether oxygens (including phenoxy) is 2. The summed E-state index contributed by atoms with van der Waals surface area (Å²) in [5.74, 6) is 0.915. The van der Waals surface area contributed by atoms with E-state index in [1.165, 1.54) is 13.2 Å². The molecule has 9 heteroatoms. The van der Waals surface area contributed by atoms with Gasteiger partial charge < -0.3 is 20.1 Å². The lowest BCUT2D eigenvalue weighted by Gasteiger charge is -2.13. The van der Waals surface area contributed by atoms with E-state index < -0.39 is 6.61 Å². The Labute approximate surface area is 170 Å². The van der Waals surface area contributed by atoms with Crippen LogP contribution in [0.15, 0.2) is 29.3 Å². The van der Waals surface area contributed by atoms with Gasteiger partial charge in [0.1, 0.15) is 0 Å². The van der Waals surface area contributed by atoms with Crippen LogP contribution in [0, 0.1) is 13.8 Å². The number of halogens is 2. The third-order valence-corrected chi connectivity index (χ3v) is 4.15. The number of alkyl halides is 2. The second kappa shape index (κ2) is 11.2. The van der Waals surface area contributed by atoms with Crippen molar-refractivity contribution in [2.24, 2.45) is 4.99 Å². The fourth-order valence-corrected chi connectivity index (χ4v) is 2.86. The van der Waals surface area contributed by atoms with E-state index in [0.717, 1.165) is 36.5 Å². The molecule has 0 radical (unpaired) electrons. The van der Waals surface area contributed by atoms with E-state index in [9.17, 15) is 8.78 Å². The molecule has 0 saturated heterocycles. The van der Waals surface area contributed by atoms with Crippen LogP contribution in [-0.2, 0) is 13.1 Å². The number of rotatable bonds is 10. The third kappa shape index (κ3) is 7.24. The van der Waals surface area contributed by atoms with Crippen LogP contribution in [0.5, 0.6) is 11.5 Å². The van der Waals surface area contributed by atoms with Gasteiger partial charge in [-0.15, -0.1) is 0 Å². The summed E-state index contributed by atoms with van der Waals surface area (Å²) in [6.07, 6.45) is 0.890. The molecule has 0 bridgehead atoms. The van der Waals surface area contributed by atoms with Crippen LogP contribution in [-0.4, -0.2) is 42.6 Å². The van der Waals surface area contributed by atoms with Crippen molar-refractivity contribution in [1.29, 1.82) is 0 Å². The summed E-state index contributed by atoms with van der Waals surface area (Å²) in [5, 5.41) is 10.9. The lowest BCUT2D eigenvalue weighted by Crippen LogP contribution is -2.38. The predicted molar refractivity (Wildman–Crippen MR) is 109 cm³/mol. The van der Waals surface area contributed by atoms with Gasteiger partial charge in [-0.25, -0.2) is 4.99 Å². The summed E-state index contributed by atoms with van der Waals surface area (Å²) in [6.45, 7) is 5.67. The van der Waals surface area contributed by atoms with Gasteiger partial charge >= 0.3 is 6.61 Å². The standard InChI is InChI=1S/C20H29F2N5O2/c1-5-23-20(24-9-6-10-27-15(3)11-14(2)26-27)25-13-16-7-8-17(28-4)18(12-16)29-19(21)22/h7-8,11-12,19H,5-6,9-10,13H2,1-4H3,(H2,23,24,25). The summed E-state index contributed by atoms with van der Waals surface area (Å²) >= 11 is 0. The smallest absolute Gasteiger partial charge is 0.387 e. The average molecular weight is 409 g/mol. The van der Waals surface area contributed by atoms with E-state index in [0.29, 0.717) is 19.0 Å². The zero-order valence-electron chi connectivity index (χ0n) is 17.3. The van der Waals surface area contributed by atoms with Crippen LogP contribution in [0.3, 0.4) is 0 Å². The van der Waals surface area contributed by atoms with Gasteiger partial charge in [-0.2, -0.15) is 13.9 Å². The van der Waals surface area contributed by atoms with Crippen molar-refractivity contribution in [3.05, 3.63) is 41.2 Å². The van der Waals surface area contributed by atoms with E-state index in [1.807, 2.05) is 25.5 Å². The number of aliphatic imine (C=N–C) groups is 1. The molecule has 0 saturated carbocycles. The van der Waals surface area contributed by atoms with Gasteiger partial charge in [0.25, 0.3) is 0 Å². The van der Waals surface area contributed by atoms with Crippen molar-refractivity contribution < 1.29 is 18.3 Å². The van der Waals surface area contributed by atoms with E-state index in [1.54, 1.807) is 12.1 Å². The van der Waals surface area contributed by atoms with Crippen molar-refractivity contribution in [3.63, 3.8) is 0 Å². The highest BCUT2D eigenvalue weighted by atomic mass is 19.3. The minimum atomic E-state index is -2.91. The lowest BCUT2D eigenvalue weighted by molar-refractivity contribution is -0.0512. The molecule has 0 aliphatic carbocycles. The van der Waals surface area contributed by atoms with Crippen molar-refractivity contribution in [2.75, 3.05) is 20.2 Å². The highest BCUT2D eigenvalue weighted by Crippen LogP contribution is 2.29. The van der Waals surface area contributed by atoms with Gasteiger partial charge in [-0.05, 0) is 51.0 Å². The van der Waals surface area contributed by atoms with Crippen LogP contribution >= 0.6 is 0 Å². The topological polar surface area (TPSA) is 72.7 Å². The molecule has 2 rings (SSSR count). The summed E-state index contributed by atoms with van der Waals surface area (Å²) in [4.78, 5) is 4.51. The number of guanidine groups is 1. The minimum Gasteiger partial charge on any atom is -0.493 e. The SMILES string of the molecule is CCNC(=NCc1ccc(OC)c(OC(F)F)c1)NCCCn1nc(C)cc1C. The summed E-state index contributed by atoms with van der Waals surface area (Å²) in [6, 6.07) is 6.94. The fraction of sp³-hybridized carbons (Fsp3) is 0.500. The molecule has 0 spiro atoms. The van der Waals surface area contributed by atoms with E-state index in [-0.39, 0.29) is 11.5 Å². The Morgan fingerprint density at radius 1 is 1.21 bits per heavy atom. The van der Waals surface area contributed by atoms with E-state index in [4.69, 9.17) is 4.74 Å². The van der Waals surface area contributed by atoms with E-state index >= 15 is 0 Å². The first-order chi connectivity index (χ1) is 13.9. The fourth-order valence-electron chi connectivity index (χ4n) is 2.86. The molecule has 2 aromatic rings. The first-order valence-electron chi connectivity index (χ1n) is 9.58. The van der Waals surface area contributed by atoms with Gasteiger partial charge in [0.05, 0.1) is 19.3 Å². The molecule has 29 heavy (non-hydrogen) atoms. The highest BCUT2D eigenvalue weighted by molar-refractivity contribution is 5.79. The molecule has 1 heterocycles. The van der Waals surface area contributed by atoms with Crippen molar-refractivity contribution in [3.8, 4) is 11.5 Å². The molecule has 0 amide bonds. The third-order valence-electron chi connectivity index (χ3n) is 4.15. The summed E-state index contributed by atoms with van der Waals surface area (Å²) in [7, 11) is 1.41. The Hall–Kier alpha value is -2.84. The monoisotopic (exact) mass is 409 g/mol. The molecule has 0 aliphatic rings. The Kier molecular flexibility index (Phi) is 8.69. The average Bonchev–Trinajstić information content (AvgIpc) is 3.00. The molecular formula is C20H29F2N5O2. The molecule has 0 fully saturated rings. The van der Waals surface area contributed by atoms with Crippen LogP contribution in [0.25, 0.3) is 0 Å². The molecule has 0 aliphatic heterocycles. The van der Waals surface area contributed by atoms with Gasteiger partial charge in [-0.1, -0.05) is 6.07 Å². The number of aryl methyl sites for hydroxylation is 3. The van der Waals surface area contributed by atoms with Crippen molar-refractivity contribution in [2.45, 2.75) is 46.9 Å². The van der Waals surface area contributed by atoms with Crippen LogP contribution in [0.2, 0.25) is 0 Å². The van der Waals surface area contributed by atoms with Crippen molar-refractivity contribution >= 4 is 5.96 Å². The molecule has 7 nitrogen and oxygen atoms in total. The molecule has 0 atom stereocenters. The van der Waals surface area contributed by atoms with Gasteiger partial charge in [0, 0.05) is 25.3 Å². The normalized spacial score (nSPS) is 11.6. The van der Waals surface area contributed by atoms with Gasteiger partial charge in [0.2, 0.25) is 0 Å². The maximum atomic E-state index is 12.6. The second-order valence-electron chi connectivity index (χ2n) is 6.49. The second-order valence-corrected chi connectivity index (χ2v) is 6.49. The van der Waals surface area contributed by atoms with Gasteiger partial charge in [-0.3, -0.25) is 4.68 Å². The summed E-state index contributed by atoms with van der Waals surface area (Å²) < 4.78 is 36.7. The number of aromatic nitrogens is 2. The molecule has 160 valence electrons. The Bertz CT molecular complexity index is 808. The molecule has 1 aromatic heterocycles. The number of methoxy groups -OCH3 is 1. The first-order valence-corrected chi connectivity index (χ1v) is 9.58. The Morgan fingerprint density at radius 2 is 2.00 bits per heavy atom. The number of benzene rings is 1. The molecule has 2 N–H and O–H groups in total. The van der Waals surface area contributed by atoms with Gasteiger partial charge in [0.15, 0.2) is 17.5 Å². The maximum Gasteiger partial charge on any atom is 0.387 e. The van der Waals surface area contributed by atoms with Crippen LogP contribution in [0.1, 0.15) is 30.3 Å². The molecule has 1 aromatic carbocycles. The Balaban J connectivity index is 1.93. The van der Waals surface area contributed by atoms with Crippen molar-refractivity contribution in [1.82, 2.24) is 20.4 Å². The first kappa shape index (κ1) is 22.4. The molecular weight excluding hydrogens is 380 g/mol. The number of nitrogens with zero attached hydrogens (tertiary/aromatic N) is 3. The quantitative estimate of drug-likeness (QED) is 0.358. The number of hydrogen-bond donors (Lipinski definition) is 2. The minimum absolute atomic E-state index is 0.00181. The van der Waals surface area contributed by atoms with E-state index in [2.05, 4.69) is 31.5 Å². The van der Waals surface area contributed by atoms with Crippen LogP contribution in [0.4, 0.5) is 8.78 Å².